The largest absolute Gasteiger partial charge is 0.465 e. The molecule has 4 rings (SSSR count). The van der Waals surface area contributed by atoms with Crippen LogP contribution in [0, 0.1) is 5.92 Å². The van der Waals surface area contributed by atoms with E-state index in [1.54, 1.807) is 6.07 Å². The zero-order valence-corrected chi connectivity index (χ0v) is 16.3. The Balaban J connectivity index is 1.44. The normalized spacial score (nSPS) is 18.1. The van der Waals surface area contributed by atoms with E-state index in [4.69, 9.17) is 4.74 Å². The minimum absolute atomic E-state index is 0.0967. The van der Waals surface area contributed by atoms with Gasteiger partial charge in [-0.1, -0.05) is 12.1 Å². The van der Waals surface area contributed by atoms with Crippen molar-refractivity contribution in [2.75, 3.05) is 44.7 Å². The molecule has 2 aliphatic rings. The van der Waals surface area contributed by atoms with Gasteiger partial charge < -0.3 is 15.0 Å². The highest BCUT2D eigenvalue weighted by molar-refractivity contribution is 5.99. The summed E-state index contributed by atoms with van der Waals surface area (Å²) in [5, 5.41) is 5.36. The second kappa shape index (κ2) is 8.19. The van der Waals surface area contributed by atoms with Crippen molar-refractivity contribution in [2.24, 2.45) is 5.92 Å². The molecule has 2 amide bonds. The fraction of sp³-hybridized carbons (Fsp3) is 0.455. The van der Waals surface area contributed by atoms with Crippen molar-refractivity contribution in [1.29, 1.82) is 0 Å². The number of rotatable bonds is 5. The van der Waals surface area contributed by atoms with Gasteiger partial charge in [0, 0.05) is 25.3 Å². The Bertz CT molecular complexity index is 876. The van der Waals surface area contributed by atoms with Crippen LogP contribution < -0.4 is 10.2 Å². The Labute approximate surface area is 165 Å². The molecule has 1 N–H and O–H groups in total. The van der Waals surface area contributed by atoms with Crippen molar-refractivity contribution in [2.45, 2.75) is 19.3 Å². The van der Waals surface area contributed by atoms with Gasteiger partial charge in [-0.15, -0.1) is 0 Å². The number of hydrogen-bond acceptors (Lipinski definition) is 4. The van der Waals surface area contributed by atoms with Gasteiger partial charge in [-0.2, -0.15) is 0 Å². The number of anilines is 1. The Kier molecular flexibility index (Phi) is 5.48. The maximum Gasteiger partial charge on any atom is 0.337 e. The monoisotopic (exact) mass is 381 g/mol. The number of ether oxygens (including phenoxy) is 1. The van der Waals surface area contributed by atoms with Gasteiger partial charge in [-0.3, -0.25) is 4.90 Å². The van der Waals surface area contributed by atoms with Gasteiger partial charge in [0.25, 0.3) is 0 Å². The van der Waals surface area contributed by atoms with Crippen molar-refractivity contribution < 1.29 is 14.3 Å². The van der Waals surface area contributed by atoms with E-state index in [-0.39, 0.29) is 12.0 Å². The van der Waals surface area contributed by atoms with Crippen molar-refractivity contribution >= 4 is 28.5 Å². The third-order valence-electron chi connectivity index (χ3n) is 5.92. The lowest BCUT2D eigenvalue weighted by Crippen LogP contribution is -2.34. The summed E-state index contributed by atoms with van der Waals surface area (Å²) in [6.45, 7) is 4.54. The van der Waals surface area contributed by atoms with E-state index in [2.05, 4.69) is 5.32 Å². The summed E-state index contributed by atoms with van der Waals surface area (Å²) >= 11 is 0. The first-order valence-electron chi connectivity index (χ1n) is 10.0. The molecule has 6 nitrogen and oxygen atoms in total. The number of hydrogen-bond donors (Lipinski definition) is 1. The summed E-state index contributed by atoms with van der Waals surface area (Å²) in [5.74, 6) is 0.387. The summed E-state index contributed by atoms with van der Waals surface area (Å²) in [6.07, 6.45) is 3.52. The average Bonchev–Trinajstić information content (AvgIpc) is 3.12. The molecule has 2 aromatic rings. The van der Waals surface area contributed by atoms with Gasteiger partial charge in [-0.25, -0.2) is 9.59 Å². The van der Waals surface area contributed by atoms with E-state index in [9.17, 15) is 9.59 Å². The lowest BCUT2D eigenvalue weighted by atomic mass is 9.94. The van der Waals surface area contributed by atoms with E-state index < -0.39 is 0 Å². The first-order valence-corrected chi connectivity index (χ1v) is 10.0. The standard InChI is InChI=1S/C22H27N3O3/c1-28-21(26)19-3-2-18-15-20(5-4-17(18)14-19)25-13-12-24(22(25)27)11-8-16-6-9-23-10-7-16/h2-5,14-16,23H,6-13H2,1H3. The summed E-state index contributed by atoms with van der Waals surface area (Å²) in [4.78, 5) is 28.4. The number of nitrogens with one attached hydrogen (secondary N) is 1. The van der Waals surface area contributed by atoms with E-state index in [1.165, 1.54) is 20.0 Å². The van der Waals surface area contributed by atoms with Crippen molar-refractivity contribution in [3.63, 3.8) is 0 Å². The number of urea groups is 1. The first kappa shape index (κ1) is 18.7. The lowest BCUT2D eigenvalue weighted by Gasteiger charge is -2.25. The van der Waals surface area contributed by atoms with E-state index in [0.29, 0.717) is 5.56 Å². The maximum absolute atomic E-state index is 12.9. The van der Waals surface area contributed by atoms with Gasteiger partial charge in [0.2, 0.25) is 0 Å². The molecule has 2 fully saturated rings. The molecule has 0 aliphatic carbocycles. The van der Waals surface area contributed by atoms with Crippen LogP contribution in [0.1, 0.15) is 29.6 Å². The molecule has 0 atom stereocenters. The lowest BCUT2D eigenvalue weighted by molar-refractivity contribution is 0.0601. The highest BCUT2D eigenvalue weighted by Gasteiger charge is 2.30. The molecule has 6 heteroatoms. The number of piperidine rings is 1. The highest BCUT2D eigenvalue weighted by Crippen LogP contribution is 2.27. The number of methoxy groups -OCH3 is 1. The SMILES string of the molecule is COC(=O)c1ccc2cc(N3CCN(CCC4CCNCC4)C3=O)ccc2c1. The third kappa shape index (κ3) is 3.83. The second-order valence-electron chi connectivity index (χ2n) is 7.64. The average molecular weight is 381 g/mol. The van der Waals surface area contributed by atoms with Crippen LogP contribution in [0.5, 0.6) is 0 Å². The van der Waals surface area contributed by atoms with Crippen LogP contribution in [0.25, 0.3) is 10.8 Å². The predicted molar refractivity (Wildman–Crippen MR) is 110 cm³/mol. The minimum Gasteiger partial charge on any atom is -0.465 e. The molecule has 0 unspecified atom stereocenters. The number of esters is 1. The molecule has 148 valence electrons. The fourth-order valence-corrected chi connectivity index (χ4v) is 4.18. The summed E-state index contributed by atoms with van der Waals surface area (Å²) in [5.41, 5.74) is 1.44. The van der Waals surface area contributed by atoms with Gasteiger partial charge in [-0.05, 0) is 73.3 Å². The fourth-order valence-electron chi connectivity index (χ4n) is 4.18. The second-order valence-corrected chi connectivity index (χ2v) is 7.64. The molecule has 2 heterocycles. The van der Waals surface area contributed by atoms with Crippen molar-refractivity contribution in [3.8, 4) is 0 Å². The van der Waals surface area contributed by atoms with E-state index in [0.717, 1.165) is 61.5 Å². The molecule has 2 aliphatic heterocycles. The molecule has 0 radical (unpaired) electrons. The maximum atomic E-state index is 12.9. The molecule has 0 spiro atoms. The quantitative estimate of drug-likeness (QED) is 0.808. The number of benzene rings is 2. The van der Waals surface area contributed by atoms with Crippen LogP contribution in [-0.4, -0.2) is 56.7 Å². The van der Waals surface area contributed by atoms with E-state index in [1.807, 2.05) is 40.1 Å². The Hall–Kier alpha value is -2.60. The number of carbonyl (C=O) groups excluding carboxylic acids is 2. The Morgan fingerprint density at radius 1 is 1.11 bits per heavy atom. The summed E-state index contributed by atoms with van der Waals surface area (Å²) in [6, 6.07) is 11.5. The van der Waals surface area contributed by atoms with Crippen LogP contribution in [0.2, 0.25) is 0 Å². The number of amides is 2. The van der Waals surface area contributed by atoms with Gasteiger partial charge in [0.1, 0.15) is 0 Å². The van der Waals surface area contributed by atoms with Gasteiger partial charge in [0.15, 0.2) is 0 Å². The van der Waals surface area contributed by atoms with Crippen molar-refractivity contribution in [1.82, 2.24) is 10.2 Å². The van der Waals surface area contributed by atoms with Crippen LogP contribution in [0.15, 0.2) is 36.4 Å². The van der Waals surface area contributed by atoms with Gasteiger partial charge in [0.05, 0.1) is 12.7 Å². The molecule has 0 saturated carbocycles. The number of nitrogens with zero attached hydrogens (tertiary/aromatic N) is 2. The predicted octanol–water partition coefficient (Wildman–Crippen LogP) is 3.26. The Morgan fingerprint density at radius 3 is 2.64 bits per heavy atom. The molecule has 0 aromatic heterocycles. The zero-order valence-electron chi connectivity index (χ0n) is 16.3. The van der Waals surface area contributed by atoms with Crippen LogP contribution in [-0.2, 0) is 4.74 Å². The third-order valence-corrected chi connectivity index (χ3v) is 5.92. The Morgan fingerprint density at radius 2 is 1.86 bits per heavy atom. The van der Waals surface area contributed by atoms with Crippen LogP contribution in [0.4, 0.5) is 10.5 Å². The number of fused-ring (bicyclic) bond motifs is 1. The first-order chi connectivity index (χ1) is 13.7. The smallest absolute Gasteiger partial charge is 0.337 e. The zero-order chi connectivity index (χ0) is 19.5. The highest BCUT2D eigenvalue weighted by atomic mass is 16.5. The summed E-state index contributed by atoms with van der Waals surface area (Å²) in [7, 11) is 1.38. The van der Waals surface area contributed by atoms with Crippen LogP contribution >= 0.6 is 0 Å². The molecule has 2 aromatic carbocycles. The summed E-state index contributed by atoms with van der Waals surface area (Å²) < 4.78 is 4.78. The van der Waals surface area contributed by atoms with E-state index >= 15 is 0 Å². The minimum atomic E-state index is -0.343. The van der Waals surface area contributed by atoms with Crippen molar-refractivity contribution in [3.05, 3.63) is 42.0 Å². The molecule has 0 bridgehead atoms. The molecule has 28 heavy (non-hydrogen) atoms. The molecular formula is C22H27N3O3. The van der Waals surface area contributed by atoms with Crippen LogP contribution in [0.3, 0.4) is 0 Å². The number of carbonyl (C=O) groups is 2. The van der Waals surface area contributed by atoms with Gasteiger partial charge >= 0.3 is 12.0 Å². The molecule has 2 saturated heterocycles. The molecular weight excluding hydrogens is 354 g/mol. The topological polar surface area (TPSA) is 61.9 Å².